The van der Waals surface area contributed by atoms with E-state index in [1.165, 1.54) is 12.1 Å². The first-order chi connectivity index (χ1) is 12.4. The number of benzene rings is 1. The van der Waals surface area contributed by atoms with Crippen molar-refractivity contribution in [3.8, 4) is 0 Å². The van der Waals surface area contributed by atoms with E-state index in [1.54, 1.807) is 11.8 Å². The molecule has 3 rings (SSSR count). The van der Waals surface area contributed by atoms with Gasteiger partial charge in [-0.1, -0.05) is 0 Å². The summed E-state index contributed by atoms with van der Waals surface area (Å²) >= 11 is 0. The summed E-state index contributed by atoms with van der Waals surface area (Å²) < 4.78 is 28.6. The summed E-state index contributed by atoms with van der Waals surface area (Å²) in [5.41, 5.74) is 2.86. The summed E-state index contributed by atoms with van der Waals surface area (Å²) in [7, 11) is 0. The van der Waals surface area contributed by atoms with Crippen LogP contribution >= 0.6 is 0 Å². The zero-order valence-corrected chi connectivity index (χ0v) is 14.8. The molecule has 140 valence electrons. The van der Waals surface area contributed by atoms with Crippen LogP contribution in [-0.2, 0) is 26.1 Å². The number of hydrogen-bond acceptors (Lipinski definition) is 3. The van der Waals surface area contributed by atoms with Gasteiger partial charge in [-0.15, -0.1) is 0 Å². The second-order valence-corrected chi connectivity index (χ2v) is 6.39. The molecule has 0 spiro atoms. The van der Waals surface area contributed by atoms with Crippen LogP contribution in [0.1, 0.15) is 42.4 Å². The molecule has 1 atom stereocenters. The van der Waals surface area contributed by atoms with Gasteiger partial charge < -0.3 is 15.3 Å². The fourth-order valence-electron chi connectivity index (χ4n) is 3.31. The number of nitrogens with zero attached hydrogens (tertiary/aromatic N) is 3. The Labute approximate surface area is 150 Å². The monoisotopic (exact) mass is 364 g/mol. The number of fused-ring (bicyclic) bond motifs is 1. The minimum absolute atomic E-state index is 0.177. The highest BCUT2D eigenvalue weighted by Crippen LogP contribution is 2.24. The van der Waals surface area contributed by atoms with E-state index in [9.17, 15) is 18.7 Å². The third-order valence-corrected chi connectivity index (χ3v) is 4.68. The van der Waals surface area contributed by atoms with Gasteiger partial charge in [0.1, 0.15) is 11.6 Å². The molecule has 26 heavy (non-hydrogen) atoms. The number of carbonyl (C=O) groups excluding carboxylic acids is 1. The smallest absolute Gasteiger partial charge is 0.318 e. The van der Waals surface area contributed by atoms with Crippen molar-refractivity contribution in [1.29, 1.82) is 0 Å². The Morgan fingerprint density at radius 2 is 2.04 bits per heavy atom. The SMILES string of the molecule is CCn1nc(CO)c2c1CCN(C(=O)NC(C)c1cc(F)cc(F)c1)C2. The molecule has 0 fully saturated rings. The molecule has 1 aromatic carbocycles. The van der Waals surface area contributed by atoms with Crippen molar-refractivity contribution in [2.75, 3.05) is 6.54 Å². The minimum atomic E-state index is -0.678. The van der Waals surface area contributed by atoms with Gasteiger partial charge in [0.15, 0.2) is 0 Å². The maximum atomic E-state index is 13.4. The van der Waals surface area contributed by atoms with Crippen molar-refractivity contribution in [3.63, 3.8) is 0 Å². The lowest BCUT2D eigenvalue weighted by molar-refractivity contribution is 0.187. The summed E-state index contributed by atoms with van der Waals surface area (Å²) in [5, 5.41) is 16.7. The van der Waals surface area contributed by atoms with Gasteiger partial charge in [-0.3, -0.25) is 4.68 Å². The first-order valence-corrected chi connectivity index (χ1v) is 8.62. The van der Waals surface area contributed by atoms with Gasteiger partial charge in [-0.2, -0.15) is 5.10 Å². The highest BCUT2D eigenvalue weighted by atomic mass is 19.1. The summed E-state index contributed by atoms with van der Waals surface area (Å²) in [6, 6.07) is 2.35. The quantitative estimate of drug-likeness (QED) is 0.876. The maximum absolute atomic E-state index is 13.4. The molecule has 2 amide bonds. The van der Waals surface area contributed by atoms with Crippen LogP contribution < -0.4 is 5.32 Å². The zero-order chi connectivity index (χ0) is 18.8. The number of aromatic nitrogens is 2. The third-order valence-electron chi connectivity index (χ3n) is 4.68. The first kappa shape index (κ1) is 18.3. The van der Waals surface area contributed by atoms with Gasteiger partial charge in [-0.25, -0.2) is 13.6 Å². The van der Waals surface area contributed by atoms with Crippen molar-refractivity contribution < 1.29 is 18.7 Å². The summed E-state index contributed by atoms with van der Waals surface area (Å²) in [5.74, 6) is -1.36. The lowest BCUT2D eigenvalue weighted by atomic mass is 10.1. The Morgan fingerprint density at radius 1 is 1.35 bits per heavy atom. The van der Waals surface area contributed by atoms with Crippen LogP contribution in [0.25, 0.3) is 0 Å². The van der Waals surface area contributed by atoms with E-state index >= 15 is 0 Å². The number of aryl methyl sites for hydroxylation is 1. The molecule has 2 N–H and O–H groups in total. The molecule has 0 saturated carbocycles. The molecule has 0 radical (unpaired) electrons. The zero-order valence-electron chi connectivity index (χ0n) is 14.8. The molecule has 1 aliphatic heterocycles. The highest BCUT2D eigenvalue weighted by molar-refractivity contribution is 5.75. The van der Waals surface area contributed by atoms with Crippen LogP contribution in [0.4, 0.5) is 13.6 Å². The lowest BCUT2D eigenvalue weighted by Crippen LogP contribution is -2.43. The number of carbonyl (C=O) groups is 1. The van der Waals surface area contributed by atoms with Gasteiger partial charge in [0.25, 0.3) is 0 Å². The number of hydrogen-bond donors (Lipinski definition) is 2. The second kappa shape index (κ2) is 7.41. The number of aliphatic hydroxyl groups excluding tert-OH is 1. The number of amides is 2. The van der Waals surface area contributed by atoms with Crippen LogP contribution in [0.5, 0.6) is 0 Å². The molecule has 1 unspecified atom stereocenters. The normalized spacial score (nSPS) is 14.9. The fraction of sp³-hybridized carbons (Fsp3) is 0.444. The summed E-state index contributed by atoms with van der Waals surface area (Å²) in [6.45, 7) is 5.05. The molecule has 0 bridgehead atoms. The number of nitrogens with one attached hydrogen (secondary N) is 1. The molecule has 8 heteroatoms. The van der Waals surface area contributed by atoms with E-state index in [0.717, 1.165) is 17.3 Å². The van der Waals surface area contributed by atoms with Crippen molar-refractivity contribution in [2.24, 2.45) is 0 Å². The number of aliphatic hydroxyl groups is 1. The highest BCUT2D eigenvalue weighted by Gasteiger charge is 2.27. The maximum Gasteiger partial charge on any atom is 0.318 e. The number of halogens is 2. The van der Waals surface area contributed by atoms with Crippen molar-refractivity contribution in [2.45, 2.75) is 46.0 Å². The van der Waals surface area contributed by atoms with Gasteiger partial charge >= 0.3 is 6.03 Å². The third kappa shape index (κ3) is 3.55. The van der Waals surface area contributed by atoms with Gasteiger partial charge in [0.2, 0.25) is 0 Å². The van der Waals surface area contributed by atoms with E-state index < -0.39 is 17.7 Å². The Hall–Kier alpha value is -2.48. The summed E-state index contributed by atoms with van der Waals surface area (Å²) in [6.07, 6.45) is 0.645. The molecule has 1 aliphatic rings. The van der Waals surface area contributed by atoms with E-state index in [0.29, 0.717) is 37.3 Å². The lowest BCUT2D eigenvalue weighted by Gasteiger charge is -2.29. The van der Waals surface area contributed by atoms with Crippen molar-refractivity contribution in [1.82, 2.24) is 20.0 Å². The molecular weight excluding hydrogens is 342 g/mol. The largest absolute Gasteiger partial charge is 0.390 e. The van der Waals surface area contributed by atoms with E-state index in [2.05, 4.69) is 10.4 Å². The molecule has 0 aliphatic carbocycles. The van der Waals surface area contributed by atoms with Crippen LogP contribution in [0, 0.1) is 11.6 Å². The van der Waals surface area contributed by atoms with Gasteiger partial charge in [0.05, 0.1) is 24.9 Å². The first-order valence-electron chi connectivity index (χ1n) is 8.62. The summed E-state index contributed by atoms with van der Waals surface area (Å²) in [4.78, 5) is 14.2. The van der Waals surface area contributed by atoms with Crippen molar-refractivity contribution in [3.05, 3.63) is 52.3 Å². The predicted octanol–water partition coefficient (Wildman–Crippen LogP) is 2.50. The molecule has 0 saturated heterocycles. The average molecular weight is 364 g/mol. The van der Waals surface area contributed by atoms with Gasteiger partial charge in [0, 0.05) is 36.8 Å². The van der Waals surface area contributed by atoms with Crippen LogP contribution in [-0.4, -0.2) is 32.4 Å². The molecular formula is C18H22F2N4O2. The van der Waals surface area contributed by atoms with Crippen molar-refractivity contribution >= 4 is 6.03 Å². The van der Waals surface area contributed by atoms with E-state index in [4.69, 9.17) is 0 Å². The standard InChI is InChI=1S/C18H22F2N4O2/c1-3-24-17-4-5-23(9-15(17)16(10-25)22-24)18(26)21-11(2)12-6-13(19)8-14(20)7-12/h6-8,11,25H,3-5,9-10H2,1-2H3,(H,21,26). The van der Waals surface area contributed by atoms with E-state index in [-0.39, 0.29) is 12.6 Å². The fourth-order valence-corrected chi connectivity index (χ4v) is 3.31. The van der Waals surface area contributed by atoms with Crippen LogP contribution in [0.3, 0.4) is 0 Å². The predicted molar refractivity (Wildman–Crippen MR) is 91.2 cm³/mol. The molecule has 1 aromatic heterocycles. The Balaban J connectivity index is 1.72. The average Bonchev–Trinajstić information content (AvgIpc) is 2.97. The Morgan fingerprint density at radius 3 is 2.65 bits per heavy atom. The number of rotatable bonds is 4. The number of urea groups is 1. The molecule has 6 nitrogen and oxygen atoms in total. The molecule has 2 heterocycles. The van der Waals surface area contributed by atoms with Gasteiger partial charge in [-0.05, 0) is 31.5 Å². The van der Waals surface area contributed by atoms with Crippen LogP contribution in [0.15, 0.2) is 18.2 Å². The Bertz CT molecular complexity index is 802. The Kier molecular flexibility index (Phi) is 5.22. The van der Waals surface area contributed by atoms with E-state index in [1.807, 2.05) is 11.6 Å². The molecule has 2 aromatic rings. The van der Waals surface area contributed by atoms with Crippen LogP contribution in [0.2, 0.25) is 0 Å². The topological polar surface area (TPSA) is 70.4 Å². The second-order valence-electron chi connectivity index (χ2n) is 6.39. The minimum Gasteiger partial charge on any atom is -0.390 e.